The second-order valence-electron chi connectivity index (χ2n) is 9.05. The monoisotopic (exact) mass is 512 g/mol. The first-order valence-corrected chi connectivity index (χ1v) is 13.3. The smallest absolute Gasteiger partial charge is 0.322 e. The average Bonchev–Trinajstić information content (AvgIpc) is 3.06. The van der Waals surface area contributed by atoms with Gasteiger partial charge in [-0.3, -0.25) is 9.69 Å². The van der Waals surface area contributed by atoms with Crippen LogP contribution >= 0.6 is 0 Å². The number of imide groups is 1. The van der Waals surface area contributed by atoms with Gasteiger partial charge in [-0.2, -0.15) is 0 Å². The molecule has 1 aliphatic heterocycles. The van der Waals surface area contributed by atoms with Crippen molar-refractivity contribution >= 4 is 21.8 Å². The van der Waals surface area contributed by atoms with Crippen LogP contribution in [-0.4, -0.2) is 49.5 Å². The normalized spacial score (nSPS) is 19.0. The Kier molecular flexibility index (Phi) is 6.95. The van der Waals surface area contributed by atoms with Gasteiger partial charge in [0.2, 0.25) is 5.91 Å². The van der Waals surface area contributed by atoms with E-state index in [0.717, 1.165) is 30.0 Å². The van der Waals surface area contributed by atoms with Gasteiger partial charge in [0.1, 0.15) is 11.6 Å². The average molecular weight is 513 g/mol. The zero-order valence-electron chi connectivity index (χ0n) is 20.1. The Balaban J connectivity index is 1.74. The molecule has 1 fully saturated rings. The van der Waals surface area contributed by atoms with E-state index < -0.39 is 45.4 Å². The molecule has 0 aromatic heterocycles. The Morgan fingerprint density at radius 3 is 2.08 bits per heavy atom. The van der Waals surface area contributed by atoms with Crippen molar-refractivity contribution < 1.29 is 26.8 Å². The molecule has 0 spiro atoms. The predicted octanol–water partition coefficient (Wildman–Crippen LogP) is 4.91. The number of hydrogen-bond donors (Lipinski definition) is 0. The molecule has 0 N–H and O–H groups in total. The molecule has 36 heavy (non-hydrogen) atoms. The number of rotatable bonds is 6. The van der Waals surface area contributed by atoms with E-state index in [-0.39, 0.29) is 22.9 Å². The van der Waals surface area contributed by atoms with E-state index in [4.69, 9.17) is 0 Å². The van der Waals surface area contributed by atoms with Crippen molar-refractivity contribution in [3.63, 3.8) is 0 Å². The Labute approximate surface area is 209 Å². The van der Waals surface area contributed by atoms with Crippen LogP contribution in [0.1, 0.15) is 42.0 Å². The second-order valence-corrected chi connectivity index (χ2v) is 11.1. The van der Waals surface area contributed by atoms with Gasteiger partial charge >= 0.3 is 6.03 Å². The minimum Gasteiger partial charge on any atom is -0.322 e. The maximum absolute atomic E-state index is 14.1. The Bertz CT molecular complexity index is 1370. The van der Waals surface area contributed by atoms with Crippen molar-refractivity contribution in [1.29, 1.82) is 0 Å². The highest BCUT2D eigenvalue weighted by Crippen LogP contribution is 2.37. The van der Waals surface area contributed by atoms with Crippen molar-refractivity contribution in [1.82, 2.24) is 9.80 Å². The highest BCUT2D eigenvalue weighted by molar-refractivity contribution is 7.90. The van der Waals surface area contributed by atoms with Crippen LogP contribution in [-0.2, 0) is 14.6 Å². The zero-order valence-corrected chi connectivity index (χ0v) is 20.9. The summed E-state index contributed by atoms with van der Waals surface area (Å²) in [4.78, 5) is 29.6. The number of urea groups is 1. The molecule has 188 valence electrons. The Morgan fingerprint density at radius 2 is 1.53 bits per heavy atom. The molecule has 0 radical (unpaired) electrons. The van der Waals surface area contributed by atoms with Crippen molar-refractivity contribution in [3.8, 4) is 0 Å². The fourth-order valence-corrected chi connectivity index (χ4v) is 5.29. The van der Waals surface area contributed by atoms with E-state index in [2.05, 4.69) is 0 Å². The molecule has 0 saturated carbocycles. The van der Waals surface area contributed by atoms with E-state index in [0.29, 0.717) is 5.56 Å². The minimum atomic E-state index is -3.46. The van der Waals surface area contributed by atoms with Crippen LogP contribution in [0.3, 0.4) is 0 Å². The van der Waals surface area contributed by atoms with E-state index in [9.17, 15) is 26.8 Å². The summed E-state index contributed by atoms with van der Waals surface area (Å²) < 4.78 is 52.1. The van der Waals surface area contributed by atoms with Gasteiger partial charge in [-0.05, 0) is 47.9 Å². The number of nitrogens with zero attached hydrogens (tertiary/aromatic N) is 2. The summed E-state index contributed by atoms with van der Waals surface area (Å²) in [6.07, 6.45) is 0.822. The van der Waals surface area contributed by atoms with Crippen LogP contribution in [0.25, 0.3) is 0 Å². The number of likely N-dealkylation sites (N-methyl/N-ethyl adjacent to an activating group) is 1. The van der Waals surface area contributed by atoms with Gasteiger partial charge in [-0.15, -0.1) is 0 Å². The van der Waals surface area contributed by atoms with Crippen LogP contribution in [0.2, 0.25) is 0 Å². The SMILES string of the molecule is C[C@H]1[C@@H](c2ccccc2)N(C(=O)CC(c2ccc(S(C)(=O)=O)cc2)c2cc(F)cc(F)c2)C(=O)N1C. The maximum Gasteiger partial charge on any atom is 0.327 e. The molecular formula is C27H26F2N2O4S. The first-order valence-electron chi connectivity index (χ1n) is 11.4. The molecule has 9 heteroatoms. The lowest BCUT2D eigenvalue weighted by molar-refractivity contribution is -0.129. The summed E-state index contributed by atoms with van der Waals surface area (Å²) in [5, 5.41) is 0. The largest absolute Gasteiger partial charge is 0.327 e. The maximum atomic E-state index is 14.1. The van der Waals surface area contributed by atoms with Gasteiger partial charge in [0.05, 0.1) is 17.0 Å². The molecule has 0 bridgehead atoms. The third-order valence-electron chi connectivity index (χ3n) is 6.64. The highest BCUT2D eigenvalue weighted by Gasteiger charge is 2.45. The molecule has 1 saturated heterocycles. The van der Waals surface area contributed by atoms with Gasteiger partial charge in [0, 0.05) is 31.7 Å². The van der Waals surface area contributed by atoms with Crippen molar-refractivity contribution in [2.24, 2.45) is 0 Å². The summed E-state index contributed by atoms with van der Waals surface area (Å²) >= 11 is 0. The van der Waals surface area contributed by atoms with E-state index >= 15 is 0 Å². The lowest BCUT2D eigenvalue weighted by Gasteiger charge is -2.26. The number of hydrogen-bond acceptors (Lipinski definition) is 4. The number of carbonyl (C=O) groups excluding carboxylic acids is 2. The molecule has 3 aromatic carbocycles. The van der Waals surface area contributed by atoms with Crippen molar-refractivity contribution in [2.75, 3.05) is 13.3 Å². The number of amides is 3. The van der Waals surface area contributed by atoms with Crippen molar-refractivity contribution in [2.45, 2.75) is 36.2 Å². The summed E-state index contributed by atoms with van der Waals surface area (Å²) in [5.41, 5.74) is 1.49. The van der Waals surface area contributed by atoms with Crippen molar-refractivity contribution in [3.05, 3.63) is 101 Å². The topological polar surface area (TPSA) is 74.8 Å². The lowest BCUT2D eigenvalue weighted by Crippen LogP contribution is -2.37. The fraction of sp³-hybridized carbons (Fsp3) is 0.259. The second kappa shape index (κ2) is 9.81. The number of sulfone groups is 1. The molecule has 4 rings (SSSR count). The van der Waals surface area contributed by atoms with Gasteiger partial charge < -0.3 is 4.90 Å². The third kappa shape index (κ3) is 5.02. The Morgan fingerprint density at radius 1 is 0.944 bits per heavy atom. The van der Waals surface area contributed by atoms with Crippen LogP contribution in [0, 0.1) is 11.6 Å². The molecule has 3 aromatic rings. The minimum absolute atomic E-state index is 0.0797. The van der Waals surface area contributed by atoms with Gasteiger partial charge in [0.25, 0.3) is 0 Å². The molecule has 3 atom stereocenters. The molecule has 1 unspecified atom stereocenters. The summed E-state index contributed by atoms with van der Waals surface area (Å²) in [6.45, 7) is 1.85. The molecule has 0 aliphatic carbocycles. The predicted molar refractivity (Wildman–Crippen MR) is 131 cm³/mol. The Hall–Kier alpha value is -3.59. The summed E-state index contributed by atoms with van der Waals surface area (Å²) in [6, 6.07) is 16.7. The number of benzene rings is 3. The molecule has 1 aliphatic rings. The quantitative estimate of drug-likeness (QED) is 0.470. The van der Waals surface area contributed by atoms with Crippen LogP contribution in [0.5, 0.6) is 0 Å². The zero-order chi connectivity index (χ0) is 26.2. The van der Waals surface area contributed by atoms with E-state index in [1.807, 2.05) is 37.3 Å². The third-order valence-corrected chi connectivity index (χ3v) is 7.77. The standard InChI is InChI=1S/C27H26F2N2O4S/c1-17-26(19-7-5-4-6-8-19)31(27(33)30(17)2)25(32)16-24(20-13-21(28)15-22(29)14-20)18-9-11-23(12-10-18)36(3,34)35/h4-15,17,24,26H,16H2,1-3H3/t17-,24?,26-/m0/s1. The first-order chi connectivity index (χ1) is 17.0. The highest BCUT2D eigenvalue weighted by atomic mass is 32.2. The number of halogens is 2. The molecule has 6 nitrogen and oxygen atoms in total. The van der Waals surface area contributed by atoms with Crippen LogP contribution < -0.4 is 0 Å². The summed E-state index contributed by atoms with van der Waals surface area (Å²) in [5.74, 6) is -2.93. The lowest BCUT2D eigenvalue weighted by atomic mass is 9.87. The molecule has 3 amide bonds. The van der Waals surface area contributed by atoms with E-state index in [1.54, 1.807) is 7.05 Å². The van der Waals surface area contributed by atoms with Crippen LogP contribution in [0.15, 0.2) is 77.7 Å². The molecular weight excluding hydrogens is 486 g/mol. The van der Waals surface area contributed by atoms with Gasteiger partial charge in [0.15, 0.2) is 9.84 Å². The first kappa shape index (κ1) is 25.5. The molecule has 1 heterocycles. The van der Waals surface area contributed by atoms with Gasteiger partial charge in [-0.25, -0.2) is 22.0 Å². The fourth-order valence-electron chi connectivity index (χ4n) is 4.66. The number of carbonyl (C=O) groups is 2. The summed E-state index contributed by atoms with van der Waals surface area (Å²) in [7, 11) is -1.84. The van der Waals surface area contributed by atoms with E-state index in [1.165, 1.54) is 34.1 Å². The van der Waals surface area contributed by atoms with Crippen LogP contribution in [0.4, 0.5) is 13.6 Å². The van der Waals surface area contributed by atoms with Gasteiger partial charge in [-0.1, -0.05) is 42.5 Å².